The highest BCUT2D eigenvalue weighted by Crippen LogP contribution is 2.41. The van der Waals surface area contributed by atoms with Crippen LogP contribution in [0.2, 0.25) is 0 Å². The lowest BCUT2D eigenvalue weighted by molar-refractivity contribution is -0.193. The first-order valence-corrected chi connectivity index (χ1v) is 12.7. The molecule has 8 nitrogen and oxygen atoms in total. The number of carbonyl (C=O) groups excluding carboxylic acids is 1. The standard InChI is InChI=1S/C23H28FN3O.2C2HF3O2/c24-21-5-3-19(4-6-21)18-26-12-7-23(8-13-26)9-14-27(15-10-23)22(28)16-20-2-1-11-25-17-20;2*3-2(4,5)1(6)7/h1-6,11,17H,7-10,12-16,18H2;2*(H,6,7). The van der Waals surface area contributed by atoms with Gasteiger partial charge in [-0.05, 0) is 73.5 Å². The molecule has 0 atom stereocenters. The van der Waals surface area contributed by atoms with Gasteiger partial charge in [0.05, 0.1) is 6.42 Å². The van der Waals surface area contributed by atoms with Crippen molar-refractivity contribution < 1.29 is 55.3 Å². The third-order valence-electron chi connectivity index (χ3n) is 6.98. The number of aliphatic carboxylic acids is 2. The lowest BCUT2D eigenvalue weighted by Crippen LogP contribution is -2.48. The number of carbonyl (C=O) groups is 3. The normalized spacial score (nSPS) is 16.9. The predicted molar refractivity (Wildman–Crippen MR) is 134 cm³/mol. The van der Waals surface area contributed by atoms with Crippen molar-refractivity contribution in [3.8, 4) is 0 Å². The average molecular weight is 610 g/mol. The first-order chi connectivity index (χ1) is 19.5. The second-order valence-corrected chi connectivity index (χ2v) is 9.93. The number of rotatable bonds is 4. The zero-order valence-corrected chi connectivity index (χ0v) is 22.3. The predicted octanol–water partition coefficient (Wildman–Crippen LogP) is 4.93. The Labute approximate surface area is 236 Å². The van der Waals surface area contributed by atoms with Gasteiger partial charge in [0.15, 0.2) is 0 Å². The topological polar surface area (TPSA) is 111 Å². The molecule has 1 amide bonds. The van der Waals surface area contributed by atoms with E-state index in [9.17, 15) is 35.5 Å². The molecular formula is C27H30F7N3O5. The van der Waals surface area contributed by atoms with Gasteiger partial charge in [-0.1, -0.05) is 18.2 Å². The van der Waals surface area contributed by atoms with E-state index >= 15 is 0 Å². The minimum Gasteiger partial charge on any atom is -0.475 e. The summed E-state index contributed by atoms with van der Waals surface area (Å²) < 4.78 is 76.5. The SMILES string of the molecule is O=C(Cc1cccnc1)N1CCC2(CCN(Cc3ccc(F)cc3)CC2)CC1.O=C(O)C(F)(F)F.O=C(O)C(F)(F)F. The Hall–Kier alpha value is -3.75. The van der Waals surface area contributed by atoms with Crippen LogP contribution in [0.15, 0.2) is 48.8 Å². The quantitative estimate of drug-likeness (QED) is 0.473. The van der Waals surface area contributed by atoms with E-state index in [1.807, 2.05) is 29.2 Å². The maximum atomic E-state index is 13.1. The highest BCUT2D eigenvalue weighted by molar-refractivity contribution is 5.78. The summed E-state index contributed by atoms with van der Waals surface area (Å²) in [6.07, 6.45) is -1.60. The number of amides is 1. The molecule has 2 saturated heterocycles. The van der Waals surface area contributed by atoms with Crippen LogP contribution in [0.4, 0.5) is 30.7 Å². The zero-order chi connectivity index (χ0) is 31.6. The van der Waals surface area contributed by atoms with Gasteiger partial charge in [0, 0.05) is 32.0 Å². The van der Waals surface area contributed by atoms with Crippen molar-refractivity contribution in [2.45, 2.75) is 51.0 Å². The number of piperidine rings is 2. The number of halogens is 7. The second kappa shape index (κ2) is 14.9. The van der Waals surface area contributed by atoms with Crippen LogP contribution in [-0.2, 0) is 27.3 Å². The van der Waals surface area contributed by atoms with E-state index in [1.165, 1.54) is 18.4 Å². The van der Waals surface area contributed by atoms with Gasteiger partial charge in [-0.25, -0.2) is 14.0 Å². The third kappa shape index (κ3) is 11.6. The molecule has 2 aromatic rings. The van der Waals surface area contributed by atoms with Crippen molar-refractivity contribution in [1.82, 2.24) is 14.8 Å². The fraction of sp³-hybridized carbons (Fsp3) is 0.481. The minimum absolute atomic E-state index is 0.175. The van der Waals surface area contributed by atoms with Crippen LogP contribution >= 0.6 is 0 Å². The third-order valence-corrected chi connectivity index (χ3v) is 6.98. The Morgan fingerprint density at radius 2 is 1.26 bits per heavy atom. The molecule has 42 heavy (non-hydrogen) atoms. The highest BCUT2D eigenvalue weighted by atomic mass is 19.4. The summed E-state index contributed by atoms with van der Waals surface area (Å²) >= 11 is 0. The van der Waals surface area contributed by atoms with E-state index in [0.717, 1.165) is 51.1 Å². The fourth-order valence-electron chi connectivity index (χ4n) is 4.55. The molecule has 0 radical (unpaired) electrons. The molecule has 0 saturated carbocycles. The fourth-order valence-corrected chi connectivity index (χ4v) is 4.55. The monoisotopic (exact) mass is 609 g/mol. The molecule has 1 aromatic carbocycles. The number of carboxylic acids is 2. The highest BCUT2D eigenvalue weighted by Gasteiger charge is 2.39. The van der Waals surface area contributed by atoms with Gasteiger partial charge in [-0.2, -0.15) is 26.3 Å². The van der Waals surface area contributed by atoms with Crippen molar-refractivity contribution in [1.29, 1.82) is 0 Å². The number of nitrogens with zero attached hydrogens (tertiary/aromatic N) is 3. The number of hydrogen-bond acceptors (Lipinski definition) is 5. The maximum absolute atomic E-state index is 13.1. The Balaban J connectivity index is 0.000000367. The van der Waals surface area contributed by atoms with Gasteiger partial charge in [0.2, 0.25) is 5.91 Å². The lowest BCUT2D eigenvalue weighted by Gasteiger charge is -2.47. The molecule has 15 heteroatoms. The smallest absolute Gasteiger partial charge is 0.475 e. The van der Waals surface area contributed by atoms with Crippen molar-refractivity contribution in [2.75, 3.05) is 26.2 Å². The number of alkyl halides is 6. The molecule has 2 N–H and O–H groups in total. The van der Waals surface area contributed by atoms with Gasteiger partial charge in [-0.3, -0.25) is 14.7 Å². The van der Waals surface area contributed by atoms with Crippen LogP contribution < -0.4 is 0 Å². The van der Waals surface area contributed by atoms with Gasteiger partial charge in [0.25, 0.3) is 0 Å². The molecule has 0 bridgehead atoms. The van der Waals surface area contributed by atoms with E-state index in [-0.39, 0.29) is 11.7 Å². The first-order valence-electron chi connectivity index (χ1n) is 12.7. The van der Waals surface area contributed by atoms with Crippen LogP contribution in [0.3, 0.4) is 0 Å². The molecule has 2 aliphatic rings. The first kappa shape index (κ1) is 34.5. The average Bonchev–Trinajstić information content (AvgIpc) is 2.92. The number of pyridine rings is 1. The minimum atomic E-state index is -5.08. The second-order valence-electron chi connectivity index (χ2n) is 9.93. The summed E-state index contributed by atoms with van der Waals surface area (Å²) in [4.78, 5) is 39.0. The molecule has 2 aliphatic heterocycles. The molecule has 232 valence electrons. The number of benzene rings is 1. The zero-order valence-electron chi connectivity index (χ0n) is 22.3. The molecule has 4 rings (SSSR count). The van der Waals surface area contributed by atoms with Crippen molar-refractivity contribution in [2.24, 2.45) is 5.41 Å². The number of likely N-dealkylation sites (tertiary alicyclic amines) is 2. The van der Waals surface area contributed by atoms with Crippen molar-refractivity contribution in [3.05, 3.63) is 65.7 Å². The largest absolute Gasteiger partial charge is 0.490 e. The van der Waals surface area contributed by atoms with Crippen LogP contribution in [-0.4, -0.2) is 81.4 Å². The molecule has 0 aliphatic carbocycles. The summed E-state index contributed by atoms with van der Waals surface area (Å²) in [6, 6.07) is 10.7. The summed E-state index contributed by atoms with van der Waals surface area (Å²) in [7, 11) is 0. The summed E-state index contributed by atoms with van der Waals surface area (Å²) in [6.45, 7) is 4.81. The summed E-state index contributed by atoms with van der Waals surface area (Å²) in [5.41, 5.74) is 2.56. The van der Waals surface area contributed by atoms with Crippen molar-refractivity contribution >= 4 is 17.8 Å². The molecule has 3 heterocycles. The van der Waals surface area contributed by atoms with Crippen LogP contribution in [0.25, 0.3) is 0 Å². The Morgan fingerprint density at radius 3 is 1.69 bits per heavy atom. The number of aromatic nitrogens is 1. The van der Waals surface area contributed by atoms with E-state index in [2.05, 4.69) is 9.88 Å². The van der Waals surface area contributed by atoms with Gasteiger partial charge < -0.3 is 15.1 Å². The van der Waals surface area contributed by atoms with Crippen LogP contribution in [0.5, 0.6) is 0 Å². The molecule has 1 aromatic heterocycles. The van der Waals surface area contributed by atoms with E-state index < -0.39 is 24.3 Å². The Bertz CT molecular complexity index is 1130. The Kier molecular flexibility index (Phi) is 12.3. The number of hydrogen-bond donors (Lipinski definition) is 2. The van der Waals surface area contributed by atoms with Crippen molar-refractivity contribution in [3.63, 3.8) is 0 Å². The summed E-state index contributed by atoms with van der Waals surface area (Å²) in [5, 5.41) is 14.2. The summed E-state index contributed by atoms with van der Waals surface area (Å²) in [5.74, 6) is -5.47. The molecule has 2 fully saturated rings. The van der Waals surface area contributed by atoms with Gasteiger partial charge in [-0.15, -0.1) is 0 Å². The van der Waals surface area contributed by atoms with E-state index in [1.54, 1.807) is 24.5 Å². The van der Waals surface area contributed by atoms with E-state index in [0.29, 0.717) is 11.8 Å². The van der Waals surface area contributed by atoms with E-state index in [4.69, 9.17) is 19.8 Å². The molecule has 1 spiro atoms. The Morgan fingerprint density at radius 1 is 0.786 bits per heavy atom. The van der Waals surface area contributed by atoms with Crippen LogP contribution in [0.1, 0.15) is 36.8 Å². The van der Waals surface area contributed by atoms with Crippen LogP contribution in [0, 0.1) is 11.2 Å². The molecular weight excluding hydrogens is 579 g/mol. The lowest BCUT2D eigenvalue weighted by atomic mass is 9.71. The van der Waals surface area contributed by atoms with Gasteiger partial charge >= 0.3 is 24.3 Å². The number of carboxylic acid groups (broad SMARTS) is 2. The maximum Gasteiger partial charge on any atom is 0.490 e. The molecule has 0 unspecified atom stereocenters. The van der Waals surface area contributed by atoms with Gasteiger partial charge in [0.1, 0.15) is 5.82 Å².